The number of nitrogens with zero attached hydrogens (tertiary/aromatic N) is 2. The lowest BCUT2D eigenvalue weighted by atomic mass is 10.1. The molecule has 0 saturated heterocycles. The average molecular weight is 473 g/mol. The third-order valence-corrected chi connectivity index (χ3v) is 4.38. The molecule has 0 spiro atoms. The Kier molecular flexibility index (Phi) is 8.61. The highest BCUT2D eigenvalue weighted by Gasteiger charge is 2.20. The van der Waals surface area contributed by atoms with Gasteiger partial charge in [0.25, 0.3) is 5.91 Å². The van der Waals surface area contributed by atoms with Gasteiger partial charge in [-0.2, -0.15) is 0 Å². The molecule has 0 radical (unpaired) electrons. The van der Waals surface area contributed by atoms with Crippen LogP contribution < -0.4 is 15.8 Å². The molecule has 164 valence electrons. The van der Waals surface area contributed by atoms with Gasteiger partial charge in [-0.3, -0.25) is 9.78 Å². The van der Waals surface area contributed by atoms with Gasteiger partial charge in [0, 0.05) is 18.8 Å². The summed E-state index contributed by atoms with van der Waals surface area (Å²) in [5.74, 6) is -3.36. The normalized spacial score (nSPS) is 11.4. The molecular formula is C20H17Cl2F3N4O2. The number of hydrogen-bond acceptors (Lipinski definition) is 5. The summed E-state index contributed by atoms with van der Waals surface area (Å²) in [5.41, 5.74) is 4.21. The second-order valence-electron chi connectivity index (χ2n) is 6.08. The van der Waals surface area contributed by atoms with E-state index in [4.69, 9.17) is 22.1 Å². The predicted octanol–water partition coefficient (Wildman–Crippen LogP) is 4.18. The number of nitrogens with one attached hydrogen (secondary N) is 1. The fraction of sp³-hybridized carbons (Fsp3) is 0.150. The summed E-state index contributed by atoms with van der Waals surface area (Å²) < 4.78 is 47.9. The summed E-state index contributed by atoms with van der Waals surface area (Å²) in [6.07, 6.45) is 2.28. The molecule has 0 bridgehead atoms. The molecule has 6 nitrogen and oxygen atoms in total. The predicted molar refractivity (Wildman–Crippen MR) is 113 cm³/mol. The van der Waals surface area contributed by atoms with E-state index in [1.807, 2.05) is 0 Å². The number of ether oxygens (including phenoxy) is 1. The fourth-order valence-corrected chi connectivity index (χ4v) is 2.74. The van der Waals surface area contributed by atoms with E-state index in [1.54, 1.807) is 0 Å². The highest BCUT2D eigenvalue weighted by atomic mass is 35.5. The van der Waals surface area contributed by atoms with Crippen molar-refractivity contribution in [2.45, 2.75) is 6.10 Å². The average Bonchev–Trinajstić information content (AvgIpc) is 2.74. The van der Waals surface area contributed by atoms with Crippen LogP contribution in [0.5, 0.6) is 5.75 Å². The summed E-state index contributed by atoms with van der Waals surface area (Å²) in [7, 11) is 0. The third kappa shape index (κ3) is 5.63. The Morgan fingerprint density at radius 1 is 1.13 bits per heavy atom. The largest absolute Gasteiger partial charge is 0.486 e. The maximum absolute atomic E-state index is 14.2. The smallest absolute Gasteiger partial charge is 0.274 e. The fourth-order valence-electron chi connectivity index (χ4n) is 2.55. The number of nitrogens with two attached hydrogens (primary N) is 1. The minimum atomic E-state index is -1.00. The highest BCUT2D eigenvalue weighted by Crippen LogP contribution is 2.28. The zero-order valence-electron chi connectivity index (χ0n) is 15.8. The van der Waals surface area contributed by atoms with Gasteiger partial charge in [0.05, 0.1) is 17.6 Å². The van der Waals surface area contributed by atoms with Gasteiger partial charge in [-0.1, -0.05) is 6.07 Å². The van der Waals surface area contributed by atoms with Crippen LogP contribution in [0, 0.1) is 17.5 Å². The number of pyridine rings is 2. The molecule has 3 aromatic rings. The van der Waals surface area contributed by atoms with Crippen molar-refractivity contribution < 1.29 is 22.7 Å². The number of halogens is 5. The van der Waals surface area contributed by atoms with Gasteiger partial charge < -0.3 is 15.8 Å². The van der Waals surface area contributed by atoms with Crippen LogP contribution in [-0.2, 0) is 0 Å². The molecule has 0 aliphatic rings. The van der Waals surface area contributed by atoms with Crippen LogP contribution in [0.2, 0.25) is 0 Å². The molecule has 0 fully saturated rings. The van der Waals surface area contributed by atoms with Crippen molar-refractivity contribution in [1.82, 2.24) is 9.97 Å². The molecule has 1 aromatic carbocycles. The number of amides is 1. The lowest BCUT2D eigenvalue weighted by molar-refractivity contribution is 0.102. The molecular weight excluding hydrogens is 456 g/mol. The van der Waals surface area contributed by atoms with Gasteiger partial charge in [0.2, 0.25) is 0 Å². The first kappa shape index (κ1) is 24.4. The first-order chi connectivity index (χ1) is 14.4. The van der Waals surface area contributed by atoms with Gasteiger partial charge in [0.15, 0.2) is 0 Å². The Morgan fingerprint density at radius 2 is 1.84 bits per heavy atom. The van der Waals surface area contributed by atoms with Crippen LogP contribution in [0.4, 0.5) is 18.9 Å². The number of alkyl halides is 1. The van der Waals surface area contributed by atoms with Crippen LogP contribution in [-0.4, -0.2) is 34.4 Å². The van der Waals surface area contributed by atoms with E-state index in [2.05, 4.69) is 15.3 Å². The van der Waals surface area contributed by atoms with Gasteiger partial charge in [-0.25, -0.2) is 18.2 Å². The summed E-state index contributed by atoms with van der Waals surface area (Å²) in [6.45, 7) is 0.149. The van der Waals surface area contributed by atoms with E-state index in [-0.39, 0.29) is 42.0 Å². The third-order valence-electron chi connectivity index (χ3n) is 4.04. The second-order valence-corrected chi connectivity index (χ2v) is 6.39. The molecule has 31 heavy (non-hydrogen) atoms. The number of hydrogen-bond donors (Lipinski definition) is 2. The summed E-state index contributed by atoms with van der Waals surface area (Å²) in [6, 6.07) is 6.57. The van der Waals surface area contributed by atoms with Gasteiger partial charge >= 0.3 is 0 Å². The summed E-state index contributed by atoms with van der Waals surface area (Å²) in [4.78, 5) is 20.4. The second kappa shape index (κ2) is 10.9. The molecule has 11 heteroatoms. The van der Waals surface area contributed by atoms with Crippen molar-refractivity contribution in [3.05, 3.63) is 71.9 Å². The summed E-state index contributed by atoms with van der Waals surface area (Å²) >= 11 is 5.77. The van der Waals surface area contributed by atoms with Crippen LogP contribution in [0.15, 0.2) is 48.8 Å². The first-order valence-corrected chi connectivity index (χ1v) is 9.27. The number of rotatable bonds is 7. The summed E-state index contributed by atoms with van der Waals surface area (Å²) in [5, 5.41) is 2.52. The Hall–Kier alpha value is -2.88. The molecule has 3 N–H and O–H groups in total. The molecule has 0 saturated carbocycles. The molecule has 2 heterocycles. The number of carbonyl (C=O) groups excluding carboxylic acids is 1. The monoisotopic (exact) mass is 472 g/mol. The highest BCUT2D eigenvalue weighted by molar-refractivity contribution is 6.18. The molecule has 2 aromatic heterocycles. The quantitative estimate of drug-likeness (QED) is 0.503. The standard InChI is InChI=1S/C20H16ClF3N4O2.ClH/c21-8-11(9-25)30-17-6-7-26-10-16(17)28-20(29)15-5-4-14(24)19(27-15)18-12(22)2-1-3-13(18)23;/h1-7,10-11H,8-9,25H2,(H,28,29);1H. The lowest BCUT2D eigenvalue weighted by Gasteiger charge is -2.17. The number of anilines is 1. The van der Waals surface area contributed by atoms with Crippen molar-refractivity contribution in [3.8, 4) is 17.0 Å². The Morgan fingerprint density at radius 3 is 2.48 bits per heavy atom. The van der Waals surface area contributed by atoms with Crippen molar-refractivity contribution >= 4 is 35.6 Å². The Bertz CT molecular complexity index is 1050. The van der Waals surface area contributed by atoms with E-state index in [9.17, 15) is 18.0 Å². The van der Waals surface area contributed by atoms with E-state index in [0.29, 0.717) is 0 Å². The van der Waals surface area contributed by atoms with Gasteiger partial charge in [-0.15, -0.1) is 24.0 Å². The molecule has 0 aliphatic carbocycles. The van der Waals surface area contributed by atoms with Crippen LogP contribution in [0.3, 0.4) is 0 Å². The minimum Gasteiger partial charge on any atom is -0.486 e. The number of aromatic nitrogens is 2. The van der Waals surface area contributed by atoms with Crippen molar-refractivity contribution in [2.24, 2.45) is 5.73 Å². The lowest BCUT2D eigenvalue weighted by Crippen LogP contribution is -2.28. The molecule has 1 unspecified atom stereocenters. The zero-order valence-corrected chi connectivity index (χ0v) is 17.4. The van der Waals surface area contributed by atoms with E-state index < -0.39 is 40.7 Å². The van der Waals surface area contributed by atoms with Crippen molar-refractivity contribution in [2.75, 3.05) is 17.7 Å². The molecule has 1 amide bonds. The first-order valence-electron chi connectivity index (χ1n) is 8.73. The van der Waals surface area contributed by atoms with Gasteiger partial charge in [0.1, 0.15) is 46.4 Å². The molecule has 0 aliphatic heterocycles. The molecule has 1 atom stereocenters. The molecule has 3 rings (SSSR count). The Labute approximate surface area is 187 Å². The topological polar surface area (TPSA) is 90.1 Å². The zero-order chi connectivity index (χ0) is 21.7. The van der Waals surface area contributed by atoms with Crippen molar-refractivity contribution in [1.29, 1.82) is 0 Å². The maximum atomic E-state index is 14.2. The van der Waals surface area contributed by atoms with Crippen molar-refractivity contribution in [3.63, 3.8) is 0 Å². The van der Waals surface area contributed by atoms with E-state index >= 15 is 0 Å². The number of benzene rings is 1. The van der Waals surface area contributed by atoms with E-state index in [1.165, 1.54) is 18.5 Å². The Balaban J connectivity index is 0.00000341. The number of carbonyl (C=O) groups is 1. The minimum absolute atomic E-state index is 0. The van der Waals surface area contributed by atoms with Gasteiger partial charge in [-0.05, 0) is 24.3 Å². The van der Waals surface area contributed by atoms with E-state index in [0.717, 1.165) is 30.3 Å². The van der Waals surface area contributed by atoms with Crippen LogP contribution in [0.1, 0.15) is 10.5 Å². The van der Waals surface area contributed by atoms with Crippen LogP contribution >= 0.6 is 24.0 Å². The SMILES string of the molecule is Cl.NCC(CCl)Oc1ccncc1NC(=O)c1ccc(F)c(-c2c(F)cccc2F)n1. The van der Waals surface area contributed by atoms with Crippen LogP contribution in [0.25, 0.3) is 11.3 Å². The maximum Gasteiger partial charge on any atom is 0.274 e.